The van der Waals surface area contributed by atoms with E-state index >= 15 is 0 Å². The quantitative estimate of drug-likeness (QED) is 0.861. The lowest BCUT2D eigenvalue weighted by Gasteiger charge is -2.02. The maximum atomic E-state index is 10.9. The molecule has 2 aromatic rings. The van der Waals surface area contributed by atoms with Crippen LogP contribution in [0.5, 0.6) is 0 Å². The van der Waals surface area contributed by atoms with Crippen LogP contribution in [-0.4, -0.2) is 45.1 Å². The van der Waals surface area contributed by atoms with Crippen LogP contribution in [0.25, 0.3) is 11.0 Å². The standard InChI is InChI=1S/C10H11N3O2.C4H9NO/c1-3-13-9-7(5-12-13)6(2)8(4-11-9)10(14)15;5-4-1-2-6-3-4/h4-5H,3H2,1-2H3,(H,14,15);4H,1-3,5H2/t;4-/m.0/s1. The second-order valence-corrected chi connectivity index (χ2v) is 4.92. The SMILES string of the molecule is CCn1ncc2c(C)c(C(=O)O)cnc21.N[C@H]1CCOC1. The summed E-state index contributed by atoms with van der Waals surface area (Å²) in [6.45, 7) is 6.09. The number of carbonyl (C=O) groups is 1. The van der Waals surface area contributed by atoms with Crippen LogP contribution < -0.4 is 5.73 Å². The Morgan fingerprint density at radius 3 is 2.81 bits per heavy atom. The first-order valence-electron chi connectivity index (χ1n) is 6.92. The Kier molecular flexibility index (Phi) is 4.87. The second kappa shape index (κ2) is 6.64. The molecule has 0 bridgehead atoms. The number of carboxylic acid groups (broad SMARTS) is 1. The van der Waals surface area contributed by atoms with E-state index in [0.29, 0.717) is 11.6 Å². The number of nitrogens with two attached hydrogens (primary N) is 1. The van der Waals surface area contributed by atoms with Gasteiger partial charge in [0.15, 0.2) is 5.65 Å². The number of fused-ring (bicyclic) bond motifs is 1. The zero-order valence-electron chi connectivity index (χ0n) is 12.2. The third-order valence-electron chi connectivity index (χ3n) is 3.43. The van der Waals surface area contributed by atoms with E-state index in [2.05, 4.69) is 10.1 Å². The Balaban J connectivity index is 0.000000225. The van der Waals surface area contributed by atoms with Gasteiger partial charge >= 0.3 is 5.97 Å². The molecule has 114 valence electrons. The third kappa shape index (κ3) is 3.37. The molecule has 1 fully saturated rings. The molecule has 0 unspecified atom stereocenters. The fourth-order valence-electron chi connectivity index (χ4n) is 2.15. The molecular formula is C14H20N4O3. The maximum Gasteiger partial charge on any atom is 0.337 e. The van der Waals surface area contributed by atoms with Gasteiger partial charge in [-0.2, -0.15) is 5.10 Å². The molecular weight excluding hydrogens is 272 g/mol. The molecule has 0 amide bonds. The molecule has 3 N–H and O–H groups in total. The first-order chi connectivity index (χ1) is 10.0. The maximum absolute atomic E-state index is 10.9. The van der Waals surface area contributed by atoms with Gasteiger partial charge in [0.1, 0.15) is 0 Å². The van der Waals surface area contributed by atoms with Crippen molar-refractivity contribution in [3.05, 3.63) is 23.5 Å². The Morgan fingerprint density at radius 1 is 1.57 bits per heavy atom. The van der Waals surface area contributed by atoms with Crippen molar-refractivity contribution < 1.29 is 14.6 Å². The van der Waals surface area contributed by atoms with E-state index < -0.39 is 5.97 Å². The molecule has 21 heavy (non-hydrogen) atoms. The fourth-order valence-corrected chi connectivity index (χ4v) is 2.15. The number of pyridine rings is 1. The van der Waals surface area contributed by atoms with Gasteiger partial charge < -0.3 is 15.6 Å². The van der Waals surface area contributed by atoms with Crippen molar-refractivity contribution in [2.75, 3.05) is 13.2 Å². The molecule has 7 nitrogen and oxygen atoms in total. The van der Waals surface area contributed by atoms with E-state index in [1.54, 1.807) is 17.8 Å². The van der Waals surface area contributed by atoms with Crippen LogP contribution in [0.15, 0.2) is 12.4 Å². The Hall–Kier alpha value is -1.99. The van der Waals surface area contributed by atoms with Crippen LogP contribution in [0.2, 0.25) is 0 Å². The van der Waals surface area contributed by atoms with Crippen molar-refractivity contribution in [3.63, 3.8) is 0 Å². The van der Waals surface area contributed by atoms with Crippen LogP contribution in [0.4, 0.5) is 0 Å². The summed E-state index contributed by atoms with van der Waals surface area (Å²) < 4.78 is 6.68. The summed E-state index contributed by atoms with van der Waals surface area (Å²) in [4.78, 5) is 15.0. The summed E-state index contributed by atoms with van der Waals surface area (Å²) in [5.74, 6) is -0.953. The van der Waals surface area contributed by atoms with Crippen LogP contribution in [-0.2, 0) is 11.3 Å². The molecule has 1 saturated heterocycles. The molecule has 1 atom stereocenters. The normalized spacial score (nSPS) is 17.6. The first-order valence-corrected chi connectivity index (χ1v) is 6.92. The molecule has 0 saturated carbocycles. The van der Waals surface area contributed by atoms with Crippen LogP contribution in [0, 0.1) is 6.92 Å². The summed E-state index contributed by atoms with van der Waals surface area (Å²) in [6.07, 6.45) is 4.08. The lowest BCUT2D eigenvalue weighted by molar-refractivity contribution is 0.0696. The molecule has 3 rings (SSSR count). The molecule has 0 spiro atoms. The van der Waals surface area contributed by atoms with E-state index in [1.165, 1.54) is 6.20 Å². The number of aromatic carboxylic acids is 1. The van der Waals surface area contributed by atoms with Crippen molar-refractivity contribution in [2.45, 2.75) is 32.9 Å². The highest BCUT2D eigenvalue weighted by Gasteiger charge is 2.13. The van der Waals surface area contributed by atoms with Crippen LogP contribution >= 0.6 is 0 Å². The number of hydrogen-bond donors (Lipinski definition) is 2. The van der Waals surface area contributed by atoms with Gasteiger partial charge in [-0.1, -0.05) is 0 Å². The van der Waals surface area contributed by atoms with Crippen molar-refractivity contribution >= 4 is 17.0 Å². The average Bonchev–Trinajstić information content (AvgIpc) is 3.08. The zero-order valence-corrected chi connectivity index (χ0v) is 12.2. The first kappa shape index (κ1) is 15.4. The molecule has 0 aromatic carbocycles. The summed E-state index contributed by atoms with van der Waals surface area (Å²) in [5.41, 5.74) is 7.10. The van der Waals surface area contributed by atoms with E-state index in [1.807, 2.05) is 6.92 Å². The van der Waals surface area contributed by atoms with E-state index in [0.717, 1.165) is 37.2 Å². The van der Waals surface area contributed by atoms with E-state index in [9.17, 15) is 4.79 Å². The van der Waals surface area contributed by atoms with Crippen molar-refractivity contribution in [2.24, 2.45) is 5.73 Å². The van der Waals surface area contributed by atoms with Gasteiger partial charge in [-0.05, 0) is 25.8 Å². The molecule has 0 radical (unpaired) electrons. The number of aromatic nitrogens is 3. The number of aryl methyl sites for hydroxylation is 2. The number of carboxylic acids is 1. The fraction of sp³-hybridized carbons (Fsp3) is 0.500. The summed E-state index contributed by atoms with van der Waals surface area (Å²) in [5, 5.41) is 13.9. The van der Waals surface area contributed by atoms with Gasteiger partial charge in [0, 0.05) is 30.8 Å². The highest BCUT2D eigenvalue weighted by atomic mass is 16.5. The van der Waals surface area contributed by atoms with Gasteiger partial charge in [-0.15, -0.1) is 0 Å². The number of rotatable bonds is 2. The Morgan fingerprint density at radius 2 is 2.33 bits per heavy atom. The van der Waals surface area contributed by atoms with Crippen molar-refractivity contribution in [1.82, 2.24) is 14.8 Å². The molecule has 0 aliphatic carbocycles. The minimum absolute atomic E-state index is 0.234. The van der Waals surface area contributed by atoms with Gasteiger partial charge in [0.2, 0.25) is 0 Å². The molecule has 2 aromatic heterocycles. The summed E-state index contributed by atoms with van der Waals surface area (Å²) in [7, 11) is 0. The van der Waals surface area contributed by atoms with Gasteiger partial charge in [-0.3, -0.25) is 0 Å². The summed E-state index contributed by atoms with van der Waals surface area (Å²) >= 11 is 0. The lowest BCUT2D eigenvalue weighted by atomic mass is 10.1. The largest absolute Gasteiger partial charge is 0.478 e. The lowest BCUT2D eigenvalue weighted by Crippen LogP contribution is -2.18. The molecule has 1 aliphatic rings. The highest BCUT2D eigenvalue weighted by Crippen LogP contribution is 2.19. The predicted octanol–water partition coefficient (Wildman–Crippen LogP) is 1.19. The molecule has 3 heterocycles. The van der Waals surface area contributed by atoms with Gasteiger partial charge in [-0.25, -0.2) is 14.5 Å². The van der Waals surface area contributed by atoms with Gasteiger partial charge in [0.25, 0.3) is 0 Å². The number of nitrogens with zero attached hydrogens (tertiary/aromatic N) is 3. The Labute approximate surface area is 122 Å². The predicted molar refractivity (Wildman–Crippen MR) is 78.3 cm³/mol. The smallest absolute Gasteiger partial charge is 0.337 e. The number of hydrogen-bond acceptors (Lipinski definition) is 5. The number of ether oxygens (including phenoxy) is 1. The minimum Gasteiger partial charge on any atom is -0.478 e. The summed E-state index contributed by atoms with van der Waals surface area (Å²) in [6, 6.07) is 0.324. The molecule has 7 heteroatoms. The highest BCUT2D eigenvalue weighted by molar-refractivity contribution is 5.94. The molecule has 1 aliphatic heterocycles. The van der Waals surface area contributed by atoms with Crippen LogP contribution in [0.1, 0.15) is 29.3 Å². The monoisotopic (exact) mass is 292 g/mol. The average molecular weight is 292 g/mol. The van der Waals surface area contributed by atoms with E-state index in [4.69, 9.17) is 15.6 Å². The third-order valence-corrected chi connectivity index (χ3v) is 3.43. The van der Waals surface area contributed by atoms with Crippen molar-refractivity contribution in [1.29, 1.82) is 0 Å². The minimum atomic E-state index is -0.953. The topological polar surface area (TPSA) is 103 Å². The second-order valence-electron chi connectivity index (χ2n) is 4.92. The van der Waals surface area contributed by atoms with Crippen LogP contribution in [0.3, 0.4) is 0 Å². The van der Waals surface area contributed by atoms with E-state index in [-0.39, 0.29) is 5.56 Å². The zero-order chi connectivity index (χ0) is 15.4. The van der Waals surface area contributed by atoms with Gasteiger partial charge in [0.05, 0.1) is 18.4 Å². The Bertz CT molecular complexity index is 632. The van der Waals surface area contributed by atoms with Crippen molar-refractivity contribution in [3.8, 4) is 0 Å².